The zero-order chi connectivity index (χ0) is 14.5. The zero-order valence-electron chi connectivity index (χ0n) is 12.6. The van der Waals surface area contributed by atoms with Gasteiger partial charge in [0.05, 0.1) is 0 Å². The molecule has 0 fully saturated rings. The van der Waals surface area contributed by atoms with Crippen LogP contribution in [0.5, 0.6) is 0 Å². The average molecular weight is 272 g/mol. The lowest BCUT2D eigenvalue weighted by Crippen LogP contribution is -2.37. The van der Waals surface area contributed by atoms with E-state index in [1.807, 2.05) is 19.4 Å². The van der Waals surface area contributed by atoms with E-state index in [1.165, 1.54) is 16.7 Å². The summed E-state index contributed by atoms with van der Waals surface area (Å²) in [6, 6.07) is 6.85. The van der Waals surface area contributed by atoms with Gasteiger partial charge in [-0.15, -0.1) is 0 Å². The van der Waals surface area contributed by atoms with Crippen LogP contribution >= 0.6 is 0 Å². The Hall–Kier alpha value is -1.65. The fourth-order valence-electron chi connectivity index (χ4n) is 2.47. The van der Waals surface area contributed by atoms with Crippen LogP contribution in [0.2, 0.25) is 0 Å². The van der Waals surface area contributed by atoms with Gasteiger partial charge >= 0.3 is 0 Å². The molecule has 0 aliphatic rings. The van der Waals surface area contributed by atoms with Crippen LogP contribution in [0.4, 0.5) is 0 Å². The van der Waals surface area contributed by atoms with Crippen LogP contribution in [0, 0.1) is 13.8 Å². The maximum absolute atomic E-state index is 5.71. The van der Waals surface area contributed by atoms with Crippen LogP contribution in [0.15, 0.2) is 30.6 Å². The lowest BCUT2D eigenvalue weighted by atomic mass is 9.97. The Bertz CT molecular complexity index is 559. The highest BCUT2D eigenvalue weighted by molar-refractivity contribution is 5.31. The van der Waals surface area contributed by atoms with Gasteiger partial charge in [-0.25, -0.2) is 4.98 Å². The predicted octanol–water partition coefficient (Wildman–Crippen LogP) is 2.04. The topological polar surface area (TPSA) is 55.9 Å². The minimum atomic E-state index is 0.271. The third kappa shape index (κ3) is 3.68. The van der Waals surface area contributed by atoms with Gasteiger partial charge in [0.15, 0.2) is 0 Å². The van der Waals surface area contributed by atoms with Crippen molar-refractivity contribution in [2.45, 2.75) is 39.2 Å². The van der Waals surface area contributed by atoms with E-state index in [9.17, 15) is 0 Å². The summed E-state index contributed by atoms with van der Waals surface area (Å²) in [4.78, 5) is 4.36. The molecule has 3 N–H and O–H groups in total. The maximum Gasteiger partial charge on any atom is 0.108 e. The van der Waals surface area contributed by atoms with Gasteiger partial charge in [0.25, 0.3) is 0 Å². The number of hydrazine groups is 1. The lowest BCUT2D eigenvalue weighted by molar-refractivity contribution is 0.482. The Morgan fingerprint density at radius 3 is 2.80 bits per heavy atom. The standard InChI is InChI=1S/C16H24N4/c1-12-4-5-13(2)14(10-12)11-15(19-17)6-7-16-18-8-9-20(16)3/h4-5,8-10,15,19H,6-7,11,17H2,1-3H3. The number of nitrogens with two attached hydrogens (primary N) is 1. The van der Waals surface area contributed by atoms with E-state index >= 15 is 0 Å². The smallest absolute Gasteiger partial charge is 0.108 e. The van der Waals surface area contributed by atoms with Crippen molar-refractivity contribution in [3.63, 3.8) is 0 Å². The SMILES string of the molecule is Cc1ccc(C)c(CC(CCc2nccn2C)NN)c1. The molecule has 20 heavy (non-hydrogen) atoms. The highest BCUT2D eigenvalue weighted by Gasteiger charge is 2.11. The molecule has 0 amide bonds. The molecule has 4 nitrogen and oxygen atoms in total. The van der Waals surface area contributed by atoms with Crippen LogP contribution in [-0.4, -0.2) is 15.6 Å². The van der Waals surface area contributed by atoms with Gasteiger partial charge in [0, 0.05) is 31.9 Å². The minimum absolute atomic E-state index is 0.271. The summed E-state index contributed by atoms with van der Waals surface area (Å²) in [7, 11) is 2.03. The average Bonchev–Trinajstić information content (AvgIpc) is 2.84. The molecule has 0 radical (unpaired) electrons. The molecule has 2 rings (SSSR count). The van der Waals surface area contributed by atoms with E-state index in [4.69, 9.17) is 5.84 Å². The first kappa shape index (κ1) is 14.8. The van der Waals surface area contributed by atoms with E-state index in [2.05, 4.69) is 47.0 Å². The molecule has 108 valence electrons. The van der Waals surface area contributed by atoms with Gasteiger partial charge < -0.3 is 4.57 Å². The summed E-state index contributed by atoms with van der Waals surface area (Å²) >= 11 is 0. The second-order valence-corrected chi connectivity index (χ2v) is 5.49. The van der Waals surface area contributed by atoms with E-state index in [0.29, 0.717) is 0 Å². The summed E-state index contributed by atoms with van der Waals surface area (Å²) < 4.78 is 2.06. The van der Waals surface area contributed by atoms with Crippen LogP contribution in [0.25, 0.3) is 0 Å². The third-order valence-corrected chi connectivity index (χ3v) is 3.84. The molecule has 0 aliphatic heterocycles. The van der Waals surface area contributed by atoms with Gasteiger partial charge in [0.2, 0.25) is 0 Å². The number of benzene rings is 1. The van der Waals surface area contributed by atoms with Crippen LogP contribution in [-0.2, 0) is 19.9 Å². The fraction of sp³-hybridized carbons (Fsp3) is 0.438. The van der Waals surface area contributed by atoms with Crippen molar-refractivity contribution in [1.82, 2.24) is 15.0 Å². The second-order valence-electron chi connectivity index (χ2n) is 5.49. The van der Waals surface area contributed by atoms with Crippen molar-refractivity contribution in [2.75, 3.05) is 0 Å². The highest BCUT2D eigenvalue weighted by Crippen LogP contribution is 2.14. The highest BCUT2D eigenvalue weighted by atomic mass is 15.2. The number of rotatable bonds is 6. The van der Waals surface area contributed by atoms with Crippen molar-refractivity contribution in [2.24, 2.45) is 12.9 Å². The van der Waals surface area contributed by atoms with Gasteiger partial charge in [-0.05, 0) is 37.8 Å². The predicted molar refractivity (Wildman–Crippen MR) is 82.3 cm³/mol. The Morgan fingerprint density at radius 2 is 2.15 bits per heavy atom. The molecular weight excluding hydrogens is 248 g/mol. The Labute approximate surface area is 121 Å². The molecule has 4 heteroatoms. The molecule has 0 spiro atoms. The maximum atomic E-state index is 5.71. The van der Waals surface area contributed by atoms with Crippen LogP contribution in [0.1, 0.15) is 28.9 Å². The summed E-state index contributed by atoms with van der Waals surface area (Å²) in [6.45, 7) is 4.28. The first-order valence-electron chi connectivity index (χ1n) is 7.08. The molecule has 1 atom stereocenters. The number of nitrogens with one attached hydrogen (secondary N) is 1. The molecular formula is C16H24N4. The molecule has 0 saturated carbocycles. The van der Waals surface area contributed by atoms with Crippen molar-refractivity contribution >= 4 is 0 Å². The second kappa shape index (κ2) is 6.68. The minimum Gasteiger partial charge on any atom is -0.338 e. The molecule has 1 aromatic heterocycles. The first-order valence-corrected chi connectivity index (χ1v) is 7.08. The van der Waals surface area contributed by atoms with Crippen LogP contribution in [0.3, 0.4) is 0 Å². The monoisotopic (exact) mass is 272 g/mol. The summed E-state index contributed by atoms with van der Waals surface area (Å²) in [5.74, 6) is 6.81. The van der Waals surface area contributed by atoms with E-state index in [-0.39, 0.29) is 6.04 Å². The number of hydrogen-bond donors (Lipinski definition) is 2. The van der Waals surface area contributed by atoms with Gasteiger partial charge in [-0.2, -0.15) is 0 Å². The van der Waals surface area contributed by atoms with Crippen molar-refractivity contribution in [3.05, 3.63) is 53.1 Å². The van der Waals surface area contributed by atoms with E-state index in [1.54, 1.807) is 0 Å². The zero-order valence-corrected chi connectivity index (χ0v) is 12.6. The Kier molecular flexibility index (Phi) is 4.93. The summed E-state index contributed by atoms with van der Waals surface area (Å²) in [5.41, 5.74) is 6.93. The molecule has 1 heterocycles. The lowest BCUT2D eigenvalue weighted by Gasteiger charge is -2.17. The van der Waals surface area contributed by atoms with Gasteiger partial charge in [0.1, 0.15) is 5.82 Å². The molecule has 0 saturated heterocycles. The summed E-state index contributed by atoms with van der Waals surface area (Å²) in [6.07, 6.45) is 6.68. The van der Waals surface area contributed by atoms with Crippen LogP contribution < -0.4 is 11.3 Å². The quantitative estimate of drug-likeness (QED) is 0.625. The number of hydrogen-bond acceptors (Lipinski definition) is 3. The Balaban J connectivity index is 1.98. The summed E-state index contributed by atoms with van der Waals surface area (Å²) in [5, 5.41) is 0. The third-order valence-electron chi connectivity index (χ3n) is 3.84. The number of aromatic nitrogens is 2. The Morgan fingerprint density at radius 1 is 1.35 bits per heavy atom. The molecule has 1 aromatic carbocycles. The largest absolute Gasteiger partial charge is 0.338 e. The van der Waals surface area contributed by atoms with Crippen molar-refractivity contribution in [1.29, 1.82) is 0 Å². The molecule has 0 bridgehead atoms. The van der Waals surface area contributed by atoms with Gasteiger partial charge in [-0.1, -0.05) is 23.8 Å². The number of aryl methyl sites for hydroxylation is 4. The van der Waals surface area contributed by atoms with E-state index < -0.39 is 0 Å². The van der Waals surface area contributed by atoms with E-state index in [0.717, 1.165) is 25.1 Å². The van der Waals surface area contributed by atoms with Crippen molar-refractivity contribution in [3.8, 4) is 0 Å². The fourth-order valence-corrected chi connectivity index (χ4v) is 2.47. The van der Waals surface area contributed by atoms with Crippen molar-refractivity contribution < 1.29 is 0 Å². The molecule has 1 unspecified atom stereocenters. The number of nitrogens with zero attached hydrogens (tertiary/aromatic N) is 2. The molecule has 0 aliphatic carbocycles. The molecule has 2 aromatic rings. The number of imidazole rings is 1. The van der Waals surface area contributed by atoms with Gasteiger partial charge in [-0.3, -0.25) is 11.3 Å². The first-order chi connectivity index (χ1) is 9.60. The normalized spacial score (nSPS) is 12.6.